The maximum absolute atomic E-state index is 10.6. The van der Waals surface area contributed by atoms with Crippen LogP contribution in [0.4, 0.5) is 11.4 Å². The van der Waals surface area contributed by atoms with E-state index in [1.54, 1.807) is 18.3 Å². The predicted octanol–water partition coefficient (Wildman–Crippen LogP) is 4.23. The van der Waals surface area contributed by atoms with Crippen LogP contribution in [0.5, 0.6) is 11.5 Å². The third-order valence-corrected chi connectivity index (χ3v) is 3.12. The highest BCUT2D eigenvalue weighted by atomic mass is 16.6. The molecule has 7 nitrogen and oxygen atoms in total. The number of non-ortho nitro benzene ring substituents is 1. The summed E-state index contributed by atoms with van der Waals surface area (Å²) in [5.41, 5.74) is 4.37. The maximum Gasteiger partial charge on any atom is 0.269 e. The third-order valence-electron chi connectivity index (χ3n) is 3.12. The zero-order valence-electron chi connectivity index (χ0n) is 14.4. The van der Waals surface area contributed by atoms with E-state index in [9.17, 15) is 10.1 Å². The second-order valence-electron chi connectivity index (χ2n) is 5.48. The summed E-state index contributed by atoms with van der Waals surface area (Å²) in [6.45, 7) is 6.37. The topological polar surface area (TPSA) is 86.0 Å². The van der Waals surface area contributed by atoms with E-state index in [2.05, 4.69) is 10.5 Å². The van der Waals surface area contributed by atoms with Crippen molar-refractivity contribution in [1.29, 1.82) is 0 Å². The number of benzene rings is 2. The van der Waals surface area contributed by atoms with Gasteiger partial charge in [0.25, 0.3) is 5.69 Å². The Labute approximate surface area is 146 Å². The highest BCUT2D eigenvalue weighted by molar-refractivity contribution is 5.81. The van der Waals surface area contributed by atoms with Crippen molar-refractivity contribution in [3.05, 3.63) is 58.1 Å². The van der Waals surface area contributed by atoms with Gasteiger partial charge < -0.3 is 9.47 Å². The lowest BCUT2D eigenvalue weighted by Crippen LogP contribution is -2.07. The smallest absolute Gasteiger partial charge is 0.269 e. The van der Waals surface area contributed by atoms with E-state index in [1.807, 2.05) is 39.0 Å². The molecule has 0 atom stereocenters. The van der Waals surface area contributed by atoms with Gasteiger partial charge in [-0.25, -0.2) is 0 Å². The molecule has 2 rings (SSSR count). The first-order valence-corrected chi connectivity index (χ1v) is 7.96. The van der Waals surface area contributed by atoms with Crippen LogP contribution in [0.15, 0.2) is 47.6 Å². The van der Waals surface area contributed by atoms with E-state index < -0.39 is 4.92 Å². The van der Waals surface area contributed by atoms with Gasteiger partial charge in [-0.15, -0.1) is 0 Å². The lowest BCUT2D eigenvalue weighted by molar-refractivity contribution is -0.384. The van der Waals surface area contributed by atoms with Gasteiger partial charge >= 0.3 is 0 Å². The van der Waals surface area contributed by atoms with Gasteiger partial charge in [0.05, 0.1) is 29.5 Å². The van der Waals surface area contributed by atoms with Crippen molar-refractivity contribution in [3.8, 4) is 11.5 Å². The summed E-state index contributed by atoms with van der Waals surface area (Å²) in [7, 11) is 0. The molecule has 0 spiro atoms. The molecule has 2 aromatic carbocycles. The Morgan fingerprint density at radius 2 is 1.92 bits per heavy atom. The molecule has 25 heavy (non-hydrogen) atoms. The van der Waals surface area contributed by atoms with E-state index in [1.165, 1.54) is 12.1 Å². The molecule has 2 aromatic rings. The van der Waals surface area contributed by atoms with E-state index in [-0.39, 0.29) is 11.8 Å². The first-order chi connectivity index (χ1) is 12.0. The number of anilines is 1. The quantitative estimate of drug-likeness (QED) is 0.440. The van der Waals surface area contributed by atoms with Crippen molar-refractivity contribution < 1.29 is 14.4 Å². The molecular weight excluding hydrogens is 322 g/mol. The first-order valence-electron chi connectivity index (χ1n) is 7.96. The molecule has 0 heterocycles. The molecule has 0 saturated carbocycles. The molecule has 0 aliphatic heterocycles. The Bertz CT molecular complexity index is 742. The fraction of sp³-hybridized carbons (Fsp3) is 0.278. The Morgan fingerprint density at radius 1 is 1.20 bits per heavy atom. The molecule has 0 aliphatic carbocycles. The van der Waals surface area contributed by atoms with Crippen LogP contribution in [-0.2, 0) is 0 Å². The summed E-state index contributed by atoms with van der Waals surface area (Å²) in [6, 6.07) is 11.6. The molecule has 0 amide bonds. The average molecular weight is 343 g/mol. The van der Waals surface area contributed by atoms with Gasteiger partial charge in [0.2, 0.25) is 0 Å². The molecule has 0 radical (unpaired) electrons. The van der Waals surface area contributed by atoms with Crippen LogP contribution in [0.25, 0.3) is 0 Å². The Kier molecular flexibility index (Phi) is 6.33. The lowest BCUT2D eigenvalue weighted by atomic mass is 10.2. The highest BCUT2D eigenvalue weighted by Gasteiger charge is 2.07. The van der Waals surface area contributed by atoms with E-state index in [0.717, 1.165) is 5.56 Å². The van der Waals surface area contributed by atoms with Crippen molar-refractivity contribution in [2.24, 2.45) is 5.10 Å². The van der Waals surface area contributed by atoms with Gasteiger partial charge in [0.15, 0.2) is 11.5 Å². The molecule has 0 bridgehead atoms. The van der Waals surface area contributed by atoms with Crippen molar-refractivity contribution in [3.63, 3.8) is 0 Å². The zero-order chi connectivity index (χ0) is 18.2. The fourth-order valence-corrected chi connectivity index (χ4v) is 2.06. The minimum atomic E-state index is -0.441. The standard InChI is InChI=1S/C18H21N3O4/c1-4-24-18-11-14(5-10-17(18)25-13(2)3)12-19-20-15-6-8-16(9-7-15)21(22)23/h5-13,20H,4H2,1-3H3/b19-12+. The normalized spacial score (nSPS) is 10.9. The molecule has 1 N–H and O–H groups in total. The molecule has 0 aromatic heterocycles. The third kappa shape index (κ3) is 5.49. The Balaban J connectivity index is 2.06. The molecule has 132 valence electrons. The summed E-state index contributed by atoms with van der Waals surface area (Å²) in [6.07, 6.45) is 1.70. The van der Waals surface area contributed by atoms with Crippen molar-refractivity contribution in [2.45, 2.75) is 26.9 Å². The number of nitrogens with zero attached hydrogens (tertiary/aromatic N) is 2. The van der Waals surface area contributed by atoms with Crippen LogP contribution >= 0.6 is 0 Å². The van der Waals surface area contributed by atoms with E-state index >= 15 is 0 Å². The highest BCUT2D eigenvalue weighted by Crippen LogP contribution is 2.29. The van der Waals surface area contributed by atoms with Crippen LogP contribution < -0.4 is 14.9 Å². The first kappa shape index (κ1) is 18.3. The number of hydrazone groups is 1. The summed E-state index contributed by atoms with van der Waals surface area (Å²) in [5, 5.41) is 14.8. The predicted molar refractivity (Wildman–Crippen MR) is 97.7 cm³/mol. The number of nitro groups is 1. The molecule has 0 fully saturated rings. The maximum atomic E-state index is 10.6. The van der Waals surface area contributed by atoms with Gasteiger partial charge in [0.1, 0.15) is 0 Å². The van der Waals surface area contributed by atoms with Gasteiger partial charge in [-0.2, -0.15) is 5.10 Å². The Morgan fingerprint density at radius 3 is 2.52 bits per heavy atom. The number of ether oxygens (including phenoxy) is 2. The van der Waals surface area contributed by atoms with Crippen LogP contribution in [0.1, 0.15) is 26.3 Å². The number of nitrogens with one attached hydrogen (secondary N) is 1. The molecule has 0 unspecified atom stereocenters. The summed E-state index contributed by atoms with van der Waals surface area (Å²) in [4.78, 5) is 10.2. The number of rotatable bonds is 8. The molecule has 0 saturated heterocycles. The largest absolute Gasteiger partial charge is 0.490 e. The van der Waals surface area contributed by atoms with Gasteiger partial charge in [-0.05, 0) is 56.7 Å². The van der Waals surface area contributed by atoms with Crippen molar-refractivity contribution in [1.82, 2.24) is 0 Å². The Hall–Kier alpha value is -3.09. The summed E-state index contributed by atoms with van der Waals surface area (Å²) >= 11 is 0. The average Bonchev–Trinajstić information content (AvgIpc) is 2.57. The van der Waals surface area contributed by atoms with Crippen molar-refractivity contribution in [2.75, 3.05) is 12.0 Å². The summed E-state index contributed by atoms with van der Waals surface area (Å²) in [5.74, 6) is 1.35. The minimum Gasteiger partial charge on any atom is -0.490 e. The fourth-order valence-electron chi connectivity index (χ4n) is 2.06. The number of nitro benzene ring substituents is 1. The zero-order valence-corrected chi connectivity index (χ0v) is 14.4. The number of hydrogen-bond donors (Lipinski definition) is 1. The van der Waals surface area contributed by atoms with E-state index in [0.29, 0.717) is 23.8 Å². The van der Waals surface area contributed by atoms with Crippen LogP contribution in [0.2, 0.25) is 0 Å². The van der Waals surface area contributed by atoms with Crippen molar-refractivity contribution >= 4 is 17.6 Å². The summed E-state index contributed by atoms with van der Waals surface area (Å²) < 4.78 is 11.3. The molecule has 7 heteroatoms. The molecular formula is C18H21N3O4. The lowest BCUT2D eigenvalue weighted by Gasteiger charge is -2.14. The van der Waals surface area contributed by atoms with Gasteiger partial charge in [-0.1, -0.05) is 0 Å². The second kappa shape index (κ2) is 8.68. The monoisotopic (exact) mass is 343 g/mol. The van der Waals surface area contributed by atoms with Crippen LogP contribution in [-0.4, -0.2) is 23.8 Å². The van der Waals surface area contributed by atoms with Crippen LogP contribution in [0, 0.1) is 10.1 Å². The second-order valence-corrected chi connectivity index (χ2v) is 5.48. The van der Waals surface area contributed by atoms with Crippen LogP contribution in [0.3, 0.4) is 0 Å². The number of hydrogen-bond acceptors (Lipinski definition) is 6. The SMILES string of the molecule is CCOc1cc(/C=N/Nc2ccc([N+](=O)[O-])cc2)ccc1OC(C)C. The molecule has 0 aliphatic rings. The van der Waals surface area contributed by atoms with Gasteiger partial charge in [0, 0.05) is 12.1 Å². The minimum absolute atomic E-state index is 0.0385. The van der Waals surface area contributed by atoms with E-state index in [4.69, 9.17) is 9.47 Å². The van der Waals surface area contributed by atoms with Gasteiger partial charge in [-0.3, -0.25) is 15.5 Å².